The van der Waals surface area contributed by atoms with E-state index < -0.39 is 0 Å². The third kappa shape index (κ3) is 2.78. The molecule has 1 saturated heterocycles. The molecule has 0 unspecified atom stereocenters. The molecule has 4 heteroatoms. The van der Waals surface area contributed by atoms with Crippen molar-refractivity contribution in [2.24, 2.45) is 0 Å². The van der Waals surface area contributed by atoms with Crippen LogP contribution in [0.4, 0.5) is 4.79 Å². The van der Waals surface area contributed by atoms with Crippen LogP contribution in [-0.2, 0) is 0 Å². The molecule has 0 bridgehead atoms. The minimum absolute atomic E-state index is 0.0827. The number of halogens is 1. The van der Waals surface area contributed by atoms with Gasteiger partial charge in [-0.1, -0.05) is 42.6 Å². The molecule has 0 spiro atoms. The van der Waals surface area contributed by atoms with E-state index in [-0.39, 0.29) is 12.1 Å². The molecular weight excluding hydrogens is 272 g/mol. The van der Waals surface area contributed by atoms with Crippen LogP contribution in [-0.4, -0.2) is 23.5 Å². The maximum absolute atomic E-state index is 12.5. The molecule has 0 aromatic heterocycles. The first-order valence-corrected chi connectivity index (χ1v) is 7.95. The van der Waals surface area contributed by atoms with Crippen molar-refractivity contribution in [3.8, 4) is 0 Å². The number of nitrogens with zero attached hydrogens (tertiary/aromatic N) is 1. The first kappa shape index (κ1) is 13.7. The van der Waals surface area contributed by atoms with E-state index in [1.807, 2.05) is 29.2 Å². The van der Waals surface area contributed by atoms with Gasteiger partial charge in [-0.3, -0.25) is 0 Å². The van der Waals surface area contributed by atoms with Gasteiger partial charge >= 0.3 is 6.03 Å². The zero-order valence-electron chi connectivity index (χ0n) is 11.6. The molecule has 2 amide bonds. The summed E-state index contributed by atoms with van der Waals surface area (Å²) in [7, 11) is 0. The Balaban J connectivity index is 1.72. The summed E-state index contributed by atoms with van der Waals surface area (Å²) in [6, 6.07) is 8.45. The average molecular weight is 293 g/mol. The first-order valence-electron chi connectivity index (χ1n) is 7.57. The van der Waals surface area contributed by atoms with Crippen LogP contribution in [0.1, 0.15) is 50.1 Å². The van der Waals surface area contributed by atoms with Crippen LogP contribution in [0, 0.1) is 0 Å². The lowest BCUT2D eigenvalue weighted by Gasteiger charge is -2.27. The maximum atomic E-state index is 12.5. The molecule has 0 radical (unpaired) electrons. The summed E-state index contributed by atoms with van der Waals surface area (Å²) in [4.78, 5) is 14.4. The van der Waals surface area contributed by atoms with Gasteiger partial charge in [0.15, 0.2) is 0 Å². The molecule has 3 rings (SSSR count). The van der Waals surface area contributed by atoms with E-state index in [1.54, 1.807) is 0 Å². The number of nitrogens with one attached hydrogen (secondary N) is 1. The van der Waals surface area contributed by atoms with Crippen LogP contribution in [0.25, 0.3) is 0 Å². The monoisotopic (exact) mass is 292 g/mol. The highest BCUT2D eigenvalue weighted by atomic mass is 35.5. The second-order valence-electron chi connectivity index (χ2n) is 5.80. The second-order valence-corrected chi connectivity index (χ2v) is 6.21. The van der Waals surface area contributed by atoms with Crippen molar-refractivity contribution in [3.63, 3.8) is 0 Å². The maximum Gasteiger partial charge on any atom is 0.318 e. The fourth-order valence-electron chi connectivity index (χ4n) is 3.41. The van der Waals surface area contributed by atoms with Gasteiger partial charge in [-0.15, -0.1) is 0 Å². The second kappa shape index (κ2) is 6.04. The Hall–Kier alpha value is -1.22. The third-order valence-corrected chi connectivity index (χ3v) is 4.80. The van der Waals surface area contributed by atoms with Crippen molar-refractivity contribution in [2.75, 3.05) is 6.54 Å². The van der Waals surface area contributed by atoms with Gasteiger partial charge < -0.3 is 10.2 Å². The summed E-state index contributed by atoms with van der Waals surface area (Å²) in [5.74, 6) is 0. The predicted molar refractivity (Wildman–Crippen MR) is 80.9 cm³/mol. The summed E-state index contributed by atoms with van der Waals surface area (Å²) in [5.41, 5.74) is 1.08. The molecule has 2 fully saturated rings. The number of hydrogen-bond donors (Lipinski definition) is 1. The van der Waals surface area contributed by atoms with Crippen molar-refractivity contribution in [2.45, 2.75) is 50.6 Å². The fraction of sp³-hybridized carbons (Fsp3) is 0.562. The van der Waals surface area contributed by atoms with Crippen LogP contribution in [0.5, 0.6) is 0 Å². The molecule has 1 N–H and O–H groups in total. The molecule has 1 aromatic rings. The number of hydrogen-bond acceptors (Lipinski definition) is 1. The van der Waals surface area contributed by atoms with Crippen LogP contribution in [0.15, 0.2) is 24.3 Å². The fourth-order valence-corrected chi connectivity index (χ4v) is 3.67. The largest absolute Gasteiger partial charge is 0.335 e. The molecule has 1 saturated carbocycles. The highest BCUT2D eigenvalue weighted by Gasteiger charge is 2.32. The van der Waals surface area contributed by atoms with E-state index in [0.717, 1.165) is 42.8 Å². The number of benzene rings is 1. The summed E-state index contributed by atoms with van der Waals surface area (Å²) >= 11 is 6.29. The zero-order chi connectivity index (χ0) is 13.9. The smallest absolute Gasteiger partial charge is 0.318 e. The van der Waals surface area contributed by atoms with Crippen LogP contribution >= 0.6 is 11.6 Å². The Morgan fingerprint density at radius 2 is 1.90 bits per heavy atom. The quantitative estimate of drug-likeness (QED) is 0.873. The lowest BCUT2D eigenvalue weighted by atomic mass is 10.0. The molecule has 1 aliphatic carbocycles. The Kier molecular flexibility index (Phi) is 4.16. The normalized spacial score (nSPS) is 23.2. The van der Waals surface area contributed by atoms with Crippen LogP contribution < -0.4 is 5.32 Å². The molecule has 1 aromatic carbocycles. The van der Waals surface area contributed by atoms with Crippen molar-refractivity contribution in [1.29, 1.82) is 0 Å². The van der Waals surface area contributed by atoms with Gasteiger partial charge in [-0.05, 0) is 37.3 Å². The highest BCUT2D eigenvalue weighted by molar-refractivity contribution is 6.31. The number of carbonyl (C=O) groups is 1. The minimum Gasteiger partial charge on any atom is -0.335 e. The summed E-state index contributed by atoms with van der Waals surface area (Å²) in [6.07, 6.45) is 6.76. The third-order valence-electron chi connectivity index (χ3n) is 4.46. The number of likely N-dealkylation sites (tertiary alicyclic amines) is 1. The molecule has 20 heavy (non-hydrogen) atoms. The van der Waals surface area contributed by atoms with Crippen molar-refractivity contribution in [1.82, 2.24) is 10.2 Å². The van der Waals surface area contributed by atoms with E-state index in [2.05, 4.69) is 5.32 Å². The number of amides is 2. The van der Waals surface area contributed by atoms with Crippen molar-refractivity contribution >= 4 is 17.6 Å². The van der Waals surface area contributed by atoms with E-state index >= 15 is 0 Å². The van der Waals surface area contributed by atoms with Crippen LogP contribution in [0.2, 0.25) is 5.02 Å². The van der Waals surface area contributed by atoms with E-state index in [0.29, 0.717) is 6.04 Å². The summed E-state index contributed by atoms with van der Waals surface area (Å²) < 4.78 is 0. The zero-order valence-corrected chi connectivity index (χ0v) is 12.4. The Bertz CT molecular complexity index is 485. The van der Waals surface area contributed by atoms with Gasteiger partial charge in [0.05, 0.1) is 6.04 Å². The lowest BCUT2D eigenvalue weighted by molar-refractivity contribution is 0.189. The van der Waals surface area contributed by atoms with Gasteiger partial charge in [-0.2, -0.15) is 0 Å². The molecule has 1 heterocycles. The van der Waals surface area contributed by atoms with Gasteiger partial charge in [0, 0.05) is 17.6 Å². The molecule has 108 valence electrons. The Morgan fingerprint density at radius 1 is 1.15 bits per heavy atom. The average Bonchev–Trinajstić information content (AvgIpc) is 3.09. The summed E-state index contributed by atoms with van der Waals surface area (Å²) in [5, 5.41) is 3.95. The predicted octanol–water partition coefficient (Wildman–Crippen LogP) is 4.13. The van der Waals surface area contributed by atoms with Crippen molar-refractivity contribution < 1.29 is 4.79 Å². The van der Waals surface area contributed by atoms with E-state index in [1.165, 1.54) is 12.8 Å². The highest BCUT2D eigenvalue weighted by Crippen LogP contribution is 2.35. The lowest BCUT2D eigenvalue weighted by Crippen LogP contribution is -2.43. The summed E-state index contributed by atoms with van der Waals surface area (Å²) in [6.45, 7) is 0.828. The van der Waals surface area contributed by atoms with Crippen LogP contribution in [0.3, 0.4) is 0 Å². The van der Waals surface area contributed by atoms with Gasteiger partial charge in [0.25, 0.3) is 0 Å². The number of rotatable bonds is 2. The Morgan fingerprint density at radius 3 is 2.65 bits per heavy atom. The van der Waals surface area contributed by atoms with E-state index in [4.69, 9.17) is 11.6 Å². The molecular formula is C16H21ClN2O. The minimum atomic E-state index is 0.0827. The molecule has 1 atom stereocenters. The van der Waals surface area contributed by atoms with E-state index in [9.17, 15) is 4.79 Å². The van der Waals surface area contributed by atoms with Crippen molar-refractivity contribution in [3.05, 3.63) is 34.9 Å². The Labute approximate surface area is 125 Å². The van der Waals surface area contributed by atoms with Gasteiger partial charge in [0.1, 0.15) is 0 Å². The molecule has 2 aliphatic rings. The SMILES string of the molecule is O=C(NC1CCCC1)N1CCC[C@H]1c1ccccc1Cl. The molecule has 1 aliphatic heterocycles. The molecule has 3 nitrogen and oxygen atoms in total. The first-order chi connectivity index (χ1) is 9.75. The topological polar surface area (TPSA) is 32.3 Å². The number of carbonyl (C=O) groups excluding carboxylic acids is 1. The van der Waals surface area contributed by atoms with Gasteiger partial charge in [0.2, 0.25) is 0 Å². The standard InChI is InChI=1S/C16H21ClN2O/c17-14-9-4-3-8-13(14)15-10-5-11-19(15)16(20)18-12-6-1-2-7-12/h3-4,8-9,12,15H,1-2,5-7,10-11H2,(H,18,20)/t15-/m0/s1. The number of urea groups is 1. The van der Waals surface area contributed by atoms with Gasteiger partial charge in [-0.25, -0.2) is 4.79 Å².